The first-order valence-corrected chi connectivity index (χ1v) is 2.92. The summed E-state index contributed by atoms with van der Waals surface area (Å²) in [5, 5.41) is 3.81. The lowest BCUT2D eigenvalue weighted by molar-refractivity contribution is 0.0799. The lowest BCUT2D eigenvalue weighted by atomic mass is 10.0. The summed E-state index contributed by atoms with van der Waals surface area (Å²) in [5.74, 6) is 0.509. The Morgan fingerprint density at radius 2 is 2.12 bits per heavy atom. The van der Waals surface area contributed by atoms with Crippen molar-refractivity contribution in [2.75, 3.05) is 0 Å². The van der Waals surface area contributed by atoms with E-state index in [-0.39, 0.29) is 6.10 Å². The molecule has 1 heterocycles. The predicted octanol–water partition coefficient (Wildman–Crippen LogP) is 1.42. The van der Waals surface area contributed by atoms with Crippen molar-refractivity contribution < 1.29 is 4.84 Å². The number of hydrogen-bond acceptors (Lipinski definition) is 2. The molecule has 0 radical (unpaired) electrons. The third-order valence-corrected chi connectivity index (χ3v) is 1.73. The Balaban J connectivity index is 2.59. The average Bonchev–Trinajstić information content (AvgIpc) is 1.98. The van der Waals surface area contributed by atoms with Gasteiger partial charge in [-0.1, -0.05) is 12.1 Å². The maximum absolute atomic E-state index is 4.97. The molecule has 1 unspecified atom stereocenters. The normalized spacial score (nSPS) is 36.6. The van der Waals surface area contributed by atoms with Crippen molar-refractivity contribution in [1.29, 1.82) is 0 Å². The van der Waals surface area contributed by atoms with Gasteiger partial charge in [-0.3, -0.25) is 0 Å². The summed E-state index contributed by atoms with van der Waals surface area (Å²) in [6, 6.07) is 0. The van der Waals surface area contributed by atoms with Crippen LogP contribution in [0.2, 0.25) is 0 Å². The van der Waals surface area contributed by atoms with Gasteiger partial charge in [0, 0.05) is 5.92 Å². The minimum atomic E-state index is 0.287. The Kier molecular flexibility index (Phi) is 1.24. The number of rotatable bonds is 0. The van der Waals surface area contributed by atoms with E-state index in [0.29, 0.717) is 5.92 Å². The van der Waals surface area contributed by atoms with Gasteiger partial charge < -0.3 is 4.84 Å². The molecule has 0 aromatic heterocycles. The van der Waals surface area contributed by atoms with E-state index in [0.717, 1.165) is 5.71 Å². The van der Waals surface area contributed by atoms with E-state index in [4.69, 9.17) is 4.84 Å². The Bertz CT molecular complexity index is 120. The van der Waals surface area contributed by atoms with Crippen LogP contribution in [0.25, 0.3) is 0 Å². The summed E-state index contributed by atoms with van der Waals surface area (Å²) in [6.45, 7) is 6.15. The monoisotopic (exact) mass is 113 g/mol. The molecule has 0 N–H and O–H groups in total. The minimum Gasteiger partial charge on any atom is -0.392 e. The van der Waals surface area contributed by atoms with Gasteiger partial charge in [0.25, 0.3) is 0 Å². The Labute approximate surface area is 49.5 Å². The van der Waals surface area contributed by atoms with Crippen LogP contribution in [-0.2, 0) is 4.84 Å². The molecule has 46 valence electrons. The van der Waals surface area contributed by atoms with Gasteiger partial charge in [-0.25, -0.2) is 0 Å². The Morgan fingerprint density at radius 1 is 1.50 bits per heavy atom. The highest BCUT2D eigenvalue weighted by Crippen LogP contribution is 2.15. The smallest absolute Gasteiger partial charge is 0.132 e. The maximum atomic E-state index is 4.97. The van der Waals surface area contributed by atoms with E-state index < -0.39 is 0 Å². The van der Waals surface area contributed by atoms with Crippen LogP contribution in [0.5, 0.6) is 0 Å². The molecule has 0 spiro atoms. The second-order valence-corrected chi connectivity index (χ2v) is 2.33. The molecular weight excluding hydrogens is 102 g/mol. The minimum absolute atomic E-state index is 0.287. The highest BCUT2D eigenvalue weighted by Gasteiger charge is 2.22. The first-order chi connectivity index (χ1) is 3.72. The molecule has 8 heavy (non-hydrogen) atoms. The van der Waals surface area contributed by atoms with Crippen LogP contribution in [0.15, 0.2) is 5.16 Å². The predicted molar refractivity (Wildman–Crippen MR) is 32.8 cm³/mol. The topological polar surface area (TPSA) is 21.6 Å². The number of oxime groups is 1. The zero-order valence-electron chi connectivity index (χ0n) is 5.51. The van der Waals surface area contributed by atoms with E-state index in [1.165, 1.54) is 0 Å². The van der Waals surface area contributed by atoms with E-state index in [2.05, 4.69) is 12.1 Å². The van der Waals surface area contributed by atoms with Crippen molar-refractivity contribution in [1.82, 2.24) is 0 Å². The molecule has 1 rings (SSSR count). The van der Waals surface area contributed by atoms with Crippen molar-refractivity contribution in [3.05, 3.63) is 0 Å². The molecule has 0 saturated heterocycles. The largest absolute Gasteiger partial charge is 0.392 e. The van der Waals surface area contributed by atoms with Crippen LogP contribution in [0.3, 0.4) is 0 Å². The molecule has 1 aliphatic rings. The summed E-state index contributed by atoms with van der Waals surface area (Å²) in [6.07, 6.45) is 0.287. The molecule has 2 atom stereocenters. The fourth-order valence-corrected chi connectivity index (χ4v) is 0.680. The second-order valence-electron chi connectivity index (χ2n) is 2.33. The molecule has 0 aromatic rings. The molecule has 0 amide bonds. The fraction of sp³-hybridized carbons (Fsp3) is 0.833. The van der Waals surface area contributed by atoms with Gasteiger partial charge in [0.1, 0.15) is 6.10 Å². The molecule has 0 aromatic carbocycles. The summed E-state index contributed by atoms with van der Waals surface area (Å²) >= 11 is 0. The zero-order valence-corrected chi connectivity index (χ0v) is 5.51. The van der Waals surface area contributed by atoms with Crippen molar-refractivity contribution in [2.24, 2.45) is 11.1 Å². The van der Waals surface area contributed by atoms with Gasteiger partial charge in [0.2, 0.25) is 0 Å². The molecule has 2 heteroatoms. The lowest BCUT2D eigenvalue weighted by Crippen LogP contribution is -2.13. The molecule has 0 fully saturated rings. The maximum Gasteiger partial charge on any atom is 0.132 e. The number of hydrogen-bond donors (Lipinski definition) is 0. The fourth-order valence-electron chi connectivity index (χ4n) is 0.680. The lowest BCUT2D eigenvalue weighted by Gasteiger charge is -2.04. The van der Waals surface area contributed by atoms with E-state index in [9.17, 15) is 0 Å². The Morgan fingerprint density at radius 3 is 2.25 bits per heavy atom. The number of nitrogens with zero attached hydrogens (tertiary/aromatic N) is 1. The quantitative estimate of drug-likeness (QED) is 0.465. The van der Waals surface area contributed by atoms with E-state index in [1.54, 1.807) is 0 Å². The summed E-state index contributed by atoms with van der Waals surface area (Å²) in [5.41, 5.74) is 1.11. The van der Waals surface area contributed by atoms with Crippen LogP contribution in [0.1, 0.15) is 20.8 Å². The second kappa shape index (κ2) is 1.77. The third kappa shape index (κ3) is 0.703. The molecular formula is C6H11NO. The van der Waals surface area contributed by atoms with Crippen molar-refractivity contribution in [3.8, 4) is 0 Å². The van der Waals surface area contributed by atoms with Crippen LogP contribution in [-0.4, -0.2) is 11.8 Å². The van der Waals surface area contributed by atoms with E-state index >= 15 is 0 Å². The molecule has 0 saturated carbocycles. The first-order valence-electron chi connectivity index (χ1n) is 2.92. The Hall–Kier alpha value is -0.530. The zero-order chi connectivity index (χ0) is 6.15. The van der Waals surface area contributed by atoms with Crippen LogP contribution < -0.4 is 0 Å². The molecule has 0 bridgehead atoms. The highest BCUT2D eigenvalue weighted by atomic mass is 16.6. The summed E-state index contributed by atoms with van der Waals surface area (Å²) < 4.78 is 0. The third-order valence-electron chi connectivity index (χ3n) is 1.73. The van der Waals surface area contributed by atoms with Crippen molar-refractivity contribution in [2.45, 2.75) is 26.9 Å². The molecule has 0 aliphatic carbocycles. The highest BCUT2D eigenvalue weighted by molar-refractivity contribution is 5.84. The van der Waals surface area contributed by atoms with Gasteiger partial charge in [0.15, 0.2) is 0 Å². The standard InChI is InChI=1S/C6H11NO/c1-4-5(2)7-8-6(4)3/h4,6H,1-3H3/t4-,6?/m1/s1. The van der Waals surface area contributed by atoms with Crippen molar-refractivity contribution >= 4 is 5.71 Å². The SMILES string of the molecule is CC1=NOC(C)[C@@H]1C. The van der Waals surface area contributed by atoms with Gasteiger partial charge in [-0.2, -0.15) is 0 Å². The van der Waals surface area contributed by atoms with Crippen LogP contribution in [0.4, 0.5) is 0 Å². The van der Waals surface area contributed by atoms with Gasteiger partial charge >= 0.3 is 0 Å². The summed E-state index contributed by atoms with van der Waals surface area (Å²) in [7, 11) is 0. The van der Waals surface area contributed by atoms with Gasteiger partial charge in [-0.05, 0) is 13.8 Å². The van der Waals surface area contributed by atoms with Crippen LogP contribution >= 0.6 is 0 Å². The van der Waals surface area contributed by atoms with Crippen LogP contribution in [0, 0.1) is 5.92 Å². The van der Waals surface area contributed by atoms with Gasteiger partial charge in [0.05, 0.1) is 5.71 Å². The van der Waals surface area contributed by atoms with Crippen molar-refractivity contribution in [3.63, 3.8) is 0 Å². The molecule has 1 aliphatic heterocycles. The average molecular weight is 113 g/mol. The van der Waals surface area contributed by atoms with E-state index in [1.807, 2.05) is 13.8 Å². The molecule has 2 nitrogen and oxygen atoms in total. The summed E-state index contributed by atoms with van der Waals surface area (Å²) in [4.78, 5) is 4.97. The first kappa shape index (κ1) is 5.60. The van der Waals surface area contributed by atoms with Gasteiger partial charge in [-0.15, -0.1) is 0 Å².